The van der Waals surface area contributed by atoms with E-state index < -0.39 is 11.6 Å². The molecule has 1 aromatic carbocycles. The van der Waals surface area contributed by atoms with Gasteiger partial charge in [-0.2, -0.15) is 0 Å². The smallest absolute Gasteiger partial charge is 0.162 e. The van der Waals surface area contributed by atoms with E-state index in [0.717, 1.165) is 30.6 Å². The fourth-order valence-electron chi connectivity index (χ4n) is 4.64. The van der Waals surface area contributed by atoms with Gasteiger partial charge in [0.15, 0.2) is 11.6 Å². The van der Waals surface area contributed by atoms with Crippen LogP contribution >= 0.6 is 0 Å². The first-order valence-electron chi connectivity index (χ1n) is 9.00. The Kier molecular flexibility index (Phi) is 4.84. The average molecular weight is 306 g/mol. The summed E-state index contributed by atoms with van der Waals surface area (Å²) in [6.07, 6.45) is 9.95. The van der Waals surface area contributed by atoms with E-state index in [0.29, 0.717) is 11.1 Å². The first-order chi connectivity index (χ1) is 10.6. The van der Waals surface area contributed by atoms with Crippen molar-refractivity contribution in [3.05, 3.63) is 34.9 Å². The van der Waals surface area contributed by atoms with E-state index in [2.05, 4.69) is 6.92 Å². The molecule has 2 heteroatoms. The van der Waals surface area contributed by atoms with Gasteiger partial charge in [0.05, 0.1) is 0 Å². The number of hydrogen-bond acceptors (Lipinski definition) is 0. The van der Waals surface area contributed by atoms with Crippen molar-refractivity contribution in [2.24, 2.45) is 17.8 Å². The highest BCUT2D eigenvalue weighted by molar-refractivity contribution is 5.28. The molecular weight excluding hydrogens is 278 g/mol. The van der Waals surface area contributed by atoms with Crippen LogP contribution in [0.3, 0.4) is 0 Å². The highest BCUT2D eigenvalue weighted by atomic mass is 19.2. The lowest BCUT2D eigenvalue weighted by molar-refractivity contribution is 0.164. The summed E-state index contributed by atoms with van der Waals surface area (Å²) in [6, 6.07) is 3.53. The van der Waals surface area contributed by atoms with Crippen LogP contribution in [0.15, 0.2) is 12.1 Å². The lowest BCUT2D eigenvalue weighted by Gasteiger charge is -2.37. The molecule has 1 aromatic rings. The van der Waals surface area contributed by atoms with Crippen molar-refractivity contribution >= 4 is 0 Å². The Morgan fingerprint density at radius 1 is 0.773 bits per heavy atom. The van der Waals surface area contributed by atoms with Gasteiger partial charge in [0, 0.05) is 0 Å². The average Bonchev–Trinajstić information content (AvgIpc) is 2.54. The minimum Gasteiger partial charge on any atom is -0.203 e. The largest absolute Gasteiger partial charge is 0.203 e. The van der Waals surface area contributed by atoms with E-state index >= 15 is 0 Å². The quantitative estimate of drug-likeness (QED) is 0.595. The summed E-state index contributed by atoms with van der Waals surface area (Å²) in [5, 5.41) is 0. The fourth-order valence-corrected chi connectivity index (χ4v) is 4.64. The lowest BCUT2D eigenvalue weighted by atomic mass is 9.68. The van der Waals surface area contributed by atoms with Crippen LogP contribution in [-0.4, -0.2) is 0 Å². The van der Waals surface area contributed by atoms with Crippen molar-refractivity contribution in [3.63, 3.8) is 0 Å². The van der Waals surface area contributed by atoms with E-state index in [9.17, 15) is 8.78 Å². The van der Waals surface area contributed by atoms with Crippen LogP contribution in [0.2, 0.25) is 0 Å². The van der Waals surface area contributed by atoms with Gasteiger partial charge in [-0.05, 0) is 80.2 Å². The minimum atomic E-state index is -0.652. The van der Waals surface area contributed by atoms with Crippen molar-refractivity contribution in [2.45, 2.75) is 71.1 Å². The third-order valence-corrected chi connectivity index (χ3v) is 6.24. The third kappa shape index (κ3) is 3.21. The zero-order valence-corrected chi connectivity index (χ0v) is 13.9. The van der Waals surface area contributed by atoms with E-state index in [-0.39, 0.29) is 5.92 Å². The monoisotopic (exact) mass is 306 g/mol. The van der Waals surface area contributed by atoms with E-state index in [1.54, 1.807) is 19.1 Å². The molecule has 0 radical (unpaired) electrons. The summed E-state index contributed by atoms with van der Waals surface area (Å²) in [5.74, 6) is 1.57. The van der Waals surface area contributed by atoms with Crippen LogP contribution in [-0.2, 0) is 0 Å². The van der Waals surface area contributed by atoms with E-state index in [1.807, 2.05) is 0 Å². The standard InChI is InChI=1S/C20H28F2/c1-13-3-6-15(7-4-13)16-8-10-17(11-9-16)18-12-5-14(2)19(21)20(18)22/h5,12-13,15-17H,3-4,6-11H2,1-2H3. The number of aryl methyl sites for hydroxylation is 1. The maximum Gasteiger partial charge on any atom is 0.162 e. The van der Waals surface area contributed by atoms with Crippen LogP contribution in [0.5, 0.6) is 0 Å². The van der Waals surface area contributed by atoms with Crippen molar-refractivity contribution in [1.29, 1.82) is 0 Å². The summed E-state index contributed by atoms with van der Waals surface area (Å²) in [4.78, 5) is 0. The highest BCUT2D eigenvalue weighted by Crippen LogP contribution is 2.44. The number of halogens is 2. The molecule has 0 bridgehead atoms. The Morgan fingerprint density at radius 3 is 1.91 bits per heavy atom. The normalized spacial score (nSPS) is 32.9. The summed E-state index contributed by atoms with van der Waals surface area (Å²) >= 11 is 0. The lowest BCUT2D eigenvalue weighted by Crippen LogP contribution is -2.25. The van der Waals surface area contributed by atoms with Gasteiger partial charge < -0.3 is 0 Å². The molecular formula is C20H28F2. The minimum absolute atomic E-state index is 0.217. The van der Waals surface area contributed by atoms with Crippen LogP contribution < -0.4 is 0 Å². The second-order valence-corrected chi connectivity index (χ2v) is 7.73. The first-order valence-corrected chi connectivity index (χ1v) is 9.00. The van der Waals surface area contributed by atoms with Crippen molar-refractivity contribution in [2.75, 3.05) is 0 Å². The summed E-state index contributed by atoms with van der Waals surface area (Å²) in [5.41, 5.74) is 1.02. The molecule has 0 heterocycles. The molecule has 0 atom stereocenters. The second-order valence-electron chi connectivity index (χ2n) is 7.73. The molecule has 2 aliphatic carbocycles. The fraction of sp³-hybridized carbons (Fsp3) is 0.700. The molecule has 0 spiro atoms. The van der Waals surface area contributed by atoms with Crippen molar-refractivity contribution in [1.82, 2.24) is 0 Å². The zero-order valence-electron chi connectivity index (χ0n) is 13.9. The Bertz CT molecular complexity index is 507. The van der Waals surface area contributed by atoms with Crippen molar-refractivity contribution < 1.29 is 8.78 Å². The predicted molar refractivity (Wildman–Crippen MR) is 86.9 cm³/mol. The van der Waals surface area contributed by atoms with Gasteiger partial charge in [-0.25, -0.2) is 8.78 Å². The maximum atomic E-state index is 14.2. The summed E-state index contributed by atoms with van der Waals surface area (Å²) in [7, 11) is 0. The van der Waals surface area contributed by atoms with Gasteiger partial charge >= 0.3 is 0 Å². The Balaban J connectivity index is 1.61. The molecule has 122 valence electrons. The van der Waals surface area contributed by atoms with E-state index in [4.69, 9.17) is 0 Å². The first kappa shape index (κ1) is 16.0. The number of benzene rings is 1. The molecule has 0 unspecified atom stereocenters. The van der Waals surface area contributed by atoms with E-state index in [1.165, 1.54) is 38.5 Å². The van der Waals surface area contributed by atoms with Crippen LogP contribution in [0.1, 0.15) is 75.3 Å². The van der Waals surface area contributed by atoms with Crippen LogP contribution in [0.25, 0.3) is 0 Å². The molecule has 22 heavy (non-hydrogen) atoms. The number of rotatable bonds is 2. The Hall–Kier alpha value is -0.920. The molecule has 3 rings (SSSR count). The van der Waals surface area contributed by atoms with Gasteiger partial charge in [-0.3, -0.25) is 0 Å². The molecule has 2 fully saturated rings. The Morgan fingerprint density at radius 2 is 1.32 bits per heavy atom. The molecule has 0 N–H and O–H groups in total. The van der Waals surface area contributed by atoms with Gasteiger partial charge in [-0.1, -0.05) is 31.9 Å². The van der Waals surface area contributed by atoms with Gasteiger partial charge in [0.1, 0.15) is 0 Å². The molecule has 2 aliphatic rings. The maximum absolute atomic E-state index is 14.2. The molecule has 2 saturated carbocycles. The van der Waals surface area contributed by atoms with Gasteiger partial charge in [0.2, 0.25) is 0 Å². The topological polar surface area (TPSA) is 0 Å². The number of hydrogen-bond donors (Lipinski definition) is 0. The zero-order chi connectivity index (χ0) is 15.7. The molecule has 0 aliphatic heterocycles. The summed E-state index contributed by atoms with van der Waals surface area (Å²) < 4.78 is 27.9. The molecule has 0 amide bonds. The molecule has 0 aromatic heterocycles. The van der Waals surface area contributed by atoms with Crippen LogP contribution in [0, 0.1) is 36.3 Å². The van der Waals surface area contributed by atoms with Crippen LogP contribution in [0.4, 0.5) is 8.78 Å². The summed E-state index contributed by atoms with van der Waals surface area (Å²) in [6.45, 7) is 3.99. The highest BCUT2D eigenvalue weighted by Gasteiger charge is 2.31. The van der Waals surface area contributed by atoms with Gasteiger partial charge in [0.25, 0.3) is 0 Å². The third-order valence-electron chi connectivity index (χ3n) is 6.24. The SMILES string of the molecule is Cc1ccc(C2CCC(C3CCC(C)CC3)CC2)c(F)c1F. The Labute approximate surface area is 133 Å². The van der Waals surface area contributed by atoms with Gasteiger partial charge in [-0.15, -0.1) is 0 Å². The van der Waals surface area contributed by atoms with Crippen molar-refractivity contribution in [3.8, 4) is 0 Å². The molecule has 0 nitrogen and oxygen atoms in total. The predicted octanol–water partition coefficient (Wildman–Crippen LogP) is 6.37. The molecule has 0 saturated heterocycles. The second kappa shape index (κ2) is 6.68.